The molecular formula is C12H19N3O4. The quantitative estimate of drug-likeness (QED) is 0.681. The van der Waals surface area contributed by atoms with Crippen molar-refractivity contribution in [2.75, 3.05) is 12.3 Å². The molecule has 2 heterocycles. The molecule has 7 heteroatoms. The van der Waals surface area contributed by atoms with Crippen molar-refractivity contribution < 1.29 is 14.9 Å². The first-order chi connectivity index (χ1) is 8.95. The van der Waals surface area contributed by atoms with E-state index in [9.17, 15) is 15.0 Å². The van der Waals surface area contributed by atoms with Crippen LogP contribution in [0.1, 0.15) is 26.5 Å². The molecule has 1 aliphatic heterocycles. The SMILES string of the molecule is CC[C@]1(CO)O[C@@H](n2ccc(N)nc2=O)[C@H](C)[C@@H]1O. The predicted octanol–water partition coefficient (Wildman–Crippen LogP) is -0.508. The summed E-state index contributed by atoms with van der Waals surface area (Å²) in [5.41, 5.74) is 3.87. The van der Waals surface area contributed by atoms with Crippen molar-refractivity contribution in [3.8, 4) is 0 Å². The van der Waals surface area contributed by atoms with Gasteiger partial charge in [-0.25, -0.2) is 4.79 Å². The number of ether oxygens (including phenoxy) is 1. The van der Waals surface area contributed by atoms with E-state index in [0.717, 1.165) is 0 Å². The molecule has 4 N–H and O–H groups in total. The van der Waals surface area contributed by atoms with Crippen molar-refractivity contribution in [2.45, 2.75) is 38.2 Å². The molecule has 0 bridgehead atoms. The largest absolute Gasteiger partial charge is 0.393 e. The van der Waals surface area contributed by atoms with Crippen LogP contribution in [0, 0.1) is 5.92 Å². The van der Waals surface area contributed by atoms with Gasteiger partial charge in [-0.3, -0.25) is 4.57 Å². The van der Waals surface area contributed by atoms with Gasteiger partial charge in [0.15, 0.2) is 0 Å². The highest BCUT2D eigenvalue weighted by atomic mass is 16.6. The maximum Gasteiger partial charge on any atom is 0.351 e. The smallest absolute Gasteiger partial charge is 0.351 e. The second-order valence-electron chi connectivity index (χ2n) is 4.93. The summed E-state index contributed by atoms with van der Waals surface area (Å²) in [5, 5.41) is 19.7. The molecule has 2 rings (SSSR count). The van der Waals surface area contributed by atoms with Crippen LogP contribution in [0.5, 0.6) is 0 Å². The van der Waals surface area contributed by atoms with E-state index in [1.807, 2.05) is 6.92 Å². The number of aromatic nitrogens is 2. The Morgan fingerprint density at radius 3 is 2.79 bits per heavy atom. The van der Waals surface area contributed by atoms with E-state index in [4.69, 9.17) is 10.5 Å². The lowest BCUT2D eigenvalue weighted by Crippen LogP contribution is -2.43. The zero-order valence-electron chi connectivity index (χ0n) is 11.0. The van der Waals surface area contributed by atoms with Crippen LogP contribution < -0.4 is 11.4 Å². The highest BCUT2D eigenvalue weighted by Gasteiger charge is 2.52. The average Bonchev–Trinajstić information content (AvgIpc) is 2.64. The van der Waals surface area contributed by atoms with E-state index in [1.165, 1.54) is 16.8 Å². The molecule has 0 amide bonds. The summed E-state index contributed by atoms with van der Waals surface area (Å²) in [5.74, 6) is -0.202. The van der Waals surface area contributed by atoms with Crippen LogP contribution in [0.4, 0.5) is 5.82 Å². The molecule has 0 aromatic carbocycles. The molecule has 1 saturated heterocycles. The number of aliphatic hydroxyl groups is 2. The minimum Gasteiger partial charge on any atom is -0.393 e. The minimum atomic E-state index is -1.04. The first-order valence-corrected chi connectivity index (χ1v) is 6.26. The topological polar surface area (TPSA) is 111 Å². The number of nitrogen functional groups attached to an aromatic ring is 1. The molecule has 0 aliphatic carbocycles. The fraction of sp³-hybridized carbons (Fsp3) is 0.667. The molecule has 106 valence electrons. The van der Waals surface area contributed by atoms with E-state index >= 15 is 0 Å². The third-order valence-electron chi connectivity index (χ3n) is 3.83. The molecule has 1 aromatic heterocycles. The molecule has 0 spiro atoms. The van der Waals surface area contributed by atoms with E-state index in [2.05, 4.69) is 4.98 Å². The normalized spacial score (nSPS) is 34.6. The second-order valence-corrected chi connectivity index (χ2v) is 4.93. The zero-order valence-corrected chi connectivity index (χ0v) is 11.0. The van der Waals surface area contributed by atoms with Gasteiger partial charge in [0.1, 0.15) is 17.6 Å². The highest BCUT2D eigenvalue weighted by molar-refractivity contribution is 5.23. The van der Waals surface area contributed by atoms with Crippen molar-refractivity contribution in [1.82, 2.24) is 9.55 Å². The van der Waals surface area contributed by atoms with Gasteiger partial charge in [-0.2, -0.15) is 4.98 Å². The van der Waals surface area contributed by atoms with Gasteiger partial charge in [-0.15, -0.1) is 0 Å². The Morgan fingerprint density at radius 2 is 2.32 bits per heavy atom. The fourth-order valence-corrected chi connectivity index (χ4v) is 2.52. The molecule has 19 heavy (non-hydrogen) atoms. The second kappa shape index (κ2) is 4.92. The highest BCUT2D eigenvalue weighted by Crippen LogP contribution is 2.42. The van der Waals surface area contributed by atoms with Gasteiger partial charge in [0.25, 0.3) is 0 Å². The van der Waals surface area contributed by atoms with Crippen LogP contribution in [0.25, 0.3) is 0 Å². The lowest BCUT2D eigenvalue weighted by molar-refractivity contribution is -0.130. The van der Waals surface area contributed by atoms with Crippen LogP contribution in [-0.2, 0) is 4.74 Å². The number of nitrogens with two attached hydrogens (primary N) is 1. The van der Waals surface area contributed by atoms with E-state index in [0.29, 0.717) is 6.42 Å². The Bertz CT molecular complexity index is 512. The van der Waals surface area contributed by atoms with Crippen LogP contribution >= 0.6 is 0 Å². The van der Waals surface area contributed by atoms with Gasteiger partial charge in [0, 0.05) is 12.1 Å². The predicted molar refractivity (Wildman–Crippen MR) is 68.3 cm³/mol. The first-order valence-electron chi connectivity index (χ1n) is 6.26. The van der Waals surface area contributed by atoms with E-state index < -0.39 is 23.6 Å². The van der Waals surface area contributed by atoms with Crippen molar-refractivity contribution in [2.24, 2.45) is 5.92 Å². The van der Waals surface area contributed by atoms with Crippen molar-refractivity contribution in [3.05, 3.63) is 22.7 Å². The summed E-state index contributed by atoms with van der Waals surface area (Å²) < 4.78 is 7.05. The number of rotatable bonds is 3. The number of hydrogen-bond acceptors (Lipinski definition) is 6. The molecule has 1 aromatic rings. The lowest BCUT2D eigenvalue weighted by atomic mass is 9.89. The molecular weight excluding hydrogens is 250 g/mol. The van der Waals surface area contributed by atoms with Gasteiger partial charge >= 0.3 is 5.69 Å². The Labute approximate surface area is 110 Å². The summed E-state index contributed by atoms with van der Waals surface area (Å²) in [4.78, 5) is 15.5. The molecule has 0 radical (unpaired) electrons. The maximum absolute atomic E-state index is 11.8. The first kappa shape index (κ1) is 14.0. The molecule has 1 fully saturated rings. The Kier molecular flexibility index (Phi) is 3.62. The average molecular weight is 269 g/mol. The monoisotopic (exact) mass is 269 g/mol. The Hall–Kier alpha value is -1.44. The van der Waals surface area contributed by atoms with E-state index in [-0.39, 0.29) is 18.3 Å². The Morgan fingerprint density at radius 1 is 1.63 bits per heavy atom. The Balaban J connectivity index is 2.39. The summed E-state index contributed by atoms with van der Waals surface area (Å²) in [6.07, 6.45) is 0.421. The van der Waals surface area contributed by atoms with Crippen LogP contribution in [0.3, 0.4) is 0 Å². The molecule has 7 nitrogen and oxygen atoms in total. The summed E-state index contributed by atoms with van der Waals surface area (Å²) >= 11 is 0. The lowest BCUT2D eigenvalue weighted by Gasteiger charge is -2.28. The molecule has 0 unspecified atom stereocenters. The number of nitrogens with zero attached hydrogens (tertiary/aromatic N) is 2. The molecule has 0 saturated carbocycles. The third-order valence-corrected chi connectivity index (χ3v) is 3.83. The minimum absolute atomic E-state index is 0.136. The summed E-state index contributed by atoms with van der Waals surface area (Å²) in [6, 6.07) is 1.49. The van der Waals surface area contributed by atoms with Gasteiger partial charge in [0.2, 0.25) is 0 Å². The maximum atomic E-state index is 11.8. The third kappa shape index (κ3) is 2.13. The number of aliphatic hydroxyl groups excluding tert-OH is 2. The van der Waals surface area contributed by atoms with Gasteiger partial charge in [-0.05, 0) is 12.5 Å². The standard InChI is InChI=1S/C12H19N3O4/c1-3-12(6-16)9(17)7(2)10(19-12)15-5-4-8(13)14-11(15)18/h4-5,7,9-10,16-17H,3,6H2,1-2H3,(H2,13,14,18)/t7-,9+,10-,12-/m1/s1. The zero-order chi connectivity index (χ0) is 14.2. The molecule has 1 aliphatic rings. The van der Waals surface area contributed by atoms with Crippen molar-refractivity contribution in [1.29, 1.82) is 0 Å². The van der Waals surface area contributed by atoms with Crippen LogP contribution in [0.15, 0.2) is 17.1 Å². The van der Waals surface area contributed by atoms with Crippen LogP contribution in [0.2, 0.25) is 0 Å². The summed E-state index contributed by atoms with van der Waals surface area (Å²) in [6.45, 7) is 3.28. The van der Waals surface area contributed by atoms with Gasteiger partial charge in [0.05, 0.1) is 12.7 Å². The van der Waals surface area contributed by atoms with E-state index in [1.54, 1.807) is 6.92 Å². The van der Waals surface area contributed by atoms with Crippen molar-refractivity contribution >= 4 is 5.82 Å². The van der Waals surface area contributed by atoms with Gasteiger partial charge < -0.3 is 20.7 Å². The van der Waals surface area contributed by atoms with Crippen molar-refractivity contribution in [3.63, 3.8) is 0 Å². The number of hydrogen-bond donors (Lipinski definition) is 3. The fourth-order valence-electron chi connectivity index (χ4n) is 2.52. The number of anilines is 1. The van der Waals surface area contributed by atoms with Gasteiger partial charge in [-0.1, -0.05) is 13.8 Å². The summed E-state index contributed by atoms with van der Waals surface area (Å²) in [7, 11) is 0. The van der Waals surface area contributed by atoms with Crippen LogP contribution in [-0.4, -0.2) is 38.1 Å². The molecule has 4 atom stereocenters.